The fourth-order valence-electron chi connectivity index (χ4n) is 4.44. The number of carbonyl (C=O) groups is 1. The van der Waals surface area contributed by atoms with E-state index in [4.69, 9.17) is 9.62 Å². The molecule has 0 atom stereocenters. The summed E-state index contributed by atoms with van der Waals surface area (Å²) in [5.41, 5.74) is 5.20. The third-order valence-corrected chi connectivity index (χ3v) is 6.41. The number of piperidine rings is 1. The number of nitrogens with zero attached hydrogens (tertiary/aromatic N) is 5. The molecule has 1 aliphatic heterocycles. The second kappa shape index (κ2) is 10.1. The van der Waals surface area contributed by atoms with Crippen LogP contribution in [0.4, 0.5) is 0 Å². The molecule has 7 nitrogen and oxygen atoms in total. The highest BCUT2D eigenvalue weighted by atomic mass is 16.5. The third-order valence-electron chi connectivity index (χ3n) is 6.41. The molecule has 178 valence electrons. The second-order valence-corrected chi connectivity index (χ2v) is 9.09. The summed E-state index contributed by atoms with van der Waals surface area (Å²) in [6, 6.07) is 18.6. The standard InChI is InChI=1S/C28H29N5O2/c1-20-8-10-23(11-9-20)27-25(19-33(30-27)18-22-6-4-3-5-7-22)12-13-26(34)32-16-14-24(15-17-32)28-29-21(2)31-35-28/h3-13,19,24H,14-18H2,1-2H3/b13-12+. The molecule has 1 aliphatic rings. The Morgan fingerprint density at radius 2 is 1.80 bits per heavy atom. The molecule has 4 aromatic rings. The van der Waals surface area contributed by atoms with Crippen LogP contribution in [0.2, 0.25) is 0 Å². The Hall–Kier alpha value is -4.00. The first-order valence-electron chi connectivity index (χ1n) is 12.0. The Balaban J connectivity index is 1.32. The van der Waals surface area contributed by atoms with Gasteiger partial charge in [0.25, 0.3) is 0 Å². The van der Waals surface area contributed by atoms with Crippen molar-refractivity contribution in [2.45, 2.75) is 39.2 Å². The van der Waals surface area contributed by atoms with E-state index in [0.717, 1.165) is 29.7 Å². The fraction of sp³-hybridized carbons (Fsp3) is 0.286. The van der Waals surface area contributed by atoms with Crippen LogP contribution in [0.1, 0.15) is 47.2 Å². The van der Waals surface area contributed by atoms with Crippen molar-refractivity contribution >= 4 is 12.0 Å². The zero-order valence-corrected chi connectivity index (χ0v) is 20.1. The lowest BCUT2D eigenvalue weighted by Gasteiger charge is -2.29. The van der Waals surface area contributed by atoms with Crippen LogP contribution < -0.4 is 0 Å². The van der Waals surface area contributed by atoms with Gasteiger partial charge in [0.2, 0.25) is 11.8 Å². The van der Waals surface area contributed by atoms with E-state index in [1.54, 1.807) is 6.08 Å². The van der Waals surface area contributed by atoms with Crippen LogP contribution in [0, 0.1) is 13.8 Å². The van der Waals surface area contributed by atoms with Crippen molar-refractivity contribution in [3.8, 4) is 11.3 Å². The first-order valence-corrected chi connectivity index (χ1v) is 12.0. The van der Waals surface area contributed by atoms with E-state index in [-0.39, 0.29) is 11.8 Å². The molecular formula is C28H29N5O2. The van der Waals surface area contributed by atoms with Crippen LogP contribution in [0.15, 0.2) is 71.4 Å². The van der Waals surface area contributed by atoms with Crippen LogP contribution in [0.5, 0.6) is 0 Å². The normalized spacial score (nSPS) is 14.6. The number of amides is 1. The van der Waals surface area contributed by atoms with Gasteiger partial charge in [-0.1, -0.05) is 65.3 Å². The van der Waals surface area contributed by atoms with Gasteiger partial charge in [-0.25, -0.2) is 0 Å². The number of carbonyl (C=O) groups excluding carboxylic acids is 1. The average Bonchev–Trinajstić information content (AvgIpc) is 3.50. The Morgan fingerprint density at radius 1 is 1.06 bits per heavy atom. The molecule has 5 rings (SSSR count). The number of likely N-dealkylation sites (tertiary alicyclic amines) is 1. The highest BCUT2D eigenvalue weighted by Gasteiger charge is 2.26. The number of hydrogen-bond donors (Lipinski definition) is 0. The molecule has 0 aliphatic carbocycles. The molecule has 2 aromatic heterocycles. The molecule has 7 heteroatoms. The topological polar surface area (TPSA) is 77.1 Å². The average molecular weight is 468 g/mol. The zero-order valence-electron chi connectivity index (χ0n) is 20.1. The quantitative estimate of drug-likeness (QED) is 0.372. The maximum Gasteiger partial charge on any atom is 0.246 e. The monoisotopic (exact) mass is 467 g/mol. The molecular weight excluding hydrogens is 438 g/mol. The Kier molecular flexibility index (Phi) is 6.57. The minimum atomic E-state index is 0.0100. The van der Waals surface area contributed by atoms with Crippen LogP contribution in [-0.2, 0) is 11.3 Å². The van der Waals surface area contributed by atoms with Crippen LogP contribution >= 0.6 is 0 Å². The van der Waals surface area contributed by atoms with E-state index < -0.39 is 0 Å². The number of benzene rings is 2. The summed E-state index contributed by atoms with van der Waals surface area (Å²) in [5, 5.41) is 8.75. The van der Waals surface area contributed by atoms with Crippen molar-refractivity contribution in [2.75, 3.05) is 13.1 Å². The van der Waals surface area contributed by atoms with Gasteiger partial charge in [0.1, 0.15) is 0 Å². The van der Waals surface area contributed by atoms with Crippen molar-refractivity contribution in [3.63, 3.8) is 0 Å². The van der Waals surface area contributed by atoms with Crippen molar-refractivity contribution < 1.29 is 9.32 Å². The maximum absolute atomic E-state index is 13.0. The van der Waals surface area contributed by atoms with Gasteiger partial charge in [0.15, 0.2) is 5.82 Å². The van der Waals surface area contributed by atoms with Gasteiger partial charge < -0.3 is 9.42 Å². The Bertz CT molecular complexity index is 1310. The fourth-order valence-corrected chi connectivity index (χ4v) is 4.44. The Morgan fingerprint density at radius 3 is 2.49 bits per heavy atom. The van der Waals surface area contributed by atoms with E-state index in [1.807, 2.05) is 47.0 Å². The second-order valence-electron chi connectivity index (χ2n) is 9.09. The SMILES string of the molecule is Cc1ccc(-c2nn(Cc3ccccc3)cc2/C=C/C(=O)N2CCC(c3nc(C)no3)CC2)cc1. The van der Waals surface area contributed by atoms with Crippen LogP contribution in [0.3, 0.4) is 0 Å². The number of aryl methyl sites for hydroxylation is 2. The van der Waals surface area contributed by atoms with E-state index in [0.29, 0.717) is 31.3 Å². The van der Waals surface area contributed by atoms with E-state index in [2.05, 4.69) is 53.5 Å². The third kappa shape index (κ3) is 5.40. The first kappa shape index (κ1) is 22.8. The lowest BCUT2D eigenvalue weighted by molar-refractivity contribution is -0.127. The molecule has 0 unspecified atom stereocenters. The van der Waals surface area contributed by atoms with Gasteiger partial charge in [-0.15, -0.1) is 0 Å². The Labute approximate surface area is 205 Å². The summed E-state index contributed by atoms with van der Waals surface area (Å²) in [6.45, 7) is 5.91. The molecule has 1 fully saturated rings. The van der Waals surface area contributed by atoms with Crippen molar-refractivity contribution in [2.24, 2.45) is 0 Å². The first-order chi connectivity index (χ1) is 17.0. The molecule has 1 amide bonds. The van der Waals surface area contributed by atoms with Crippen LogP contribution in [0.25, 0.3) is 17.3 Å². The number of rotatable bonds is 6. The van der Waals surface area contributed by atoms with Crippen molar-refractivity contribution in [3.05, 3.63) is 95.3 Å². The lowest BCUT2D eigenvalue weighted by atomic mass is 9.96. The molecule has 1 saturated heterocycles. The van der Waals surface area contributed by atoms with E-state index in [9.17, 15) is 4.79 Å². The summed E-state index contributed by atoms with van der Waals surface area (Å²) < 4.78 is 7.26. The minimum Gasteiger partial charge on any atom is -0.339 e. The van der Waals surface area contributed by atoms with Crippen molar-refractivity contribution in [1.82, 2.24) is 24.8 Å². The highest BCUT2D eigenvalue weighted by molar-refractivity contribution is 5.93. The smallest absolute Gasteiger partial charge is 0.246 e. The predicted octanol–water partition coefficient (Wildman–Crippen LogP) is 5.02. The van der Waals surface area contributed by atoms with Gasteiger partial charge in [-0.05, 0) is 38.3 Å². The largest absolute Gasteiger partial charge is 0.339 e. The summed E-state index contributed by atoms with van der Waals surface area (Å²) in [6.07, 6.45) is 7.21. The zero-order chi connectivity index (χ0) is 24.2. The molecule has 0 N–H and O–H groups in total. The predicted molar refractivity (Wildman–Crippen MR) is 135 cm³/mol. The minimum absolute atomic E-state index is 0.0100. The van der Waals surface area contributed by atoms with Crippen molar-refractivity contribution in [1.29, 1.82) is 0 Å². The molecule has 2 aromatic carbocycles. The molecule has 0 saturated carbocycles. The van der Waals surface area contributed by atoms with Gasteiger partial charge in [-0.3, -0.25) is 9.48 Å². The van der Waals surface area contributed by atoms with Gasteiger partial charge in [0.05, 0.1) is 12.2 Å². The van der Waals surface area contributed by atoms with Gasteiger partial charge >= 0.3 is 0 Å². The summed E-state index contributed by atoms with van der Waals surface area (Å²) >= 11 is 0. The van der Waals surface area contributed by atoms with Gasteiger partial charge in [0, 0.05) is 42.4 Å². The molecule has 3 heterocycles. The van der Waals surface area contributed by atoms with Crippen LogP contribution in [-0.4, -0.2) is 43.8 Å². The van der Waals surface area contributed by atoms with E-state index >= 15 is 0 Å². The summed E-state index contributed by atoms with van der Waals surface area (Å²) in [5.74, 6) is 1.56. The van der Waals surface area contributed by atoms with Gasteiger partial charge in [-0.2, -0.15) is 10.1 Å². The lowest BCUT2D eigenvalue weighted by Crippen LogP contribution is -2.36. The number of hydrogen-bond acceptors (Lipinski definition) is 5. The maximum atomic E-state index is 13.0. The summed E-state index contributed by atoms with van der Waals surface area (Å²) in [7, 11) is 0. The molecule has 35 heavy (non-hydrogen) atoms. The summed E-state index contributed by atoms with van der Waals surface area (Å²) in [4.78, 5) is 19.2. The number of aromatic nitrogens is 4. The molecule has 0 bridgehead atoms. The highest BCUT2D eigenvalue weighted by Crippen LogP contribution is 2.28. The molecule has 0 spiro atoms. The van der Waals surface area contributed by atoms with E-state index in [1.165, 1.54) is 11.1 Å². The molecule has 0 radical (unpaired) electrons.